The normalized spacial score (nSPS) is 11.2. The molecular formula is C18H22FN3O2. The summed E-state index contributed by atoms with van der Waals surface area (Å²) in [5.41, 5.74) is 0.899. The molecule has 0 aliphatic rings. The smallest absolute Gasteiger partial charge is 0.191 e. The van der Waals surface area contributed by atoms with Crippen LogP contribution in [0, 0.1) is 5.82 Å². The molecule has 0 aliphatic heterocycles. The molecule has 0 aromatic heterocycles. The van der Waals surface area contributed by atoms with Gasteiger partial charge in [0.25, 0.3) is 0 Å². The number of rotatable bonds is 7. The molecule has 0 spiro atoms. The molecule has 2 rings (SSSR count). The van der Waals surface area contributed by atoms with Gasteiger partial charge in [-0.1, -0.05) is 30.3 Å². The third kappa shape index (κ3) is 5.24. The zero-order valence-electron chi connectivity index (χ0n) is 13.9. The largest absolute Gasteiger partial charge is 0.454 e. The van der Waals surface area contributed by atoms with Gasteiger partial charge < -0.3 is 20.1 Å². The first-order valence-corrected chi connectivity index (χ1v) is 7.68. The summed E-state index contributed by atoms with van der Waals surface area (Å²) in [6.45, 7) is 1.74. The summed E-state index contributed by atoms with van der Waals surface area (Å²) in [6.07, 6.45) is 0. The quantitative estimate of drug-likeness (QED) is 0.465. The van der Waals surface area contributed by atoms with Gasteiger partial charge in [0.05, 0.1) is 6.61 Å². The van der Waals surface area contributed by atoms with Crippen LogP contribution in [-0.2, 0) is 11.3 Å². The van der Waals surface area contributed by atoms with Gasteiger partial charge in [0.2, 0.25) is 0 Å². The molecule has 24 heavy (non-hydrogen) atoms. The summed E-state index contributed by atoms with van der Waals surface area (Å²) in [5.74, 6) is 1.07. The number of aliphatic imine (C=N–C) groups is 1. The Kier molecular flexibility index (Phi) is 7.04. The highest BCUT2D eigenvalue weighted by molar-refractivity contribution is 5.79. The van der Waals surface area contributed by atoms with Crippen molar-refractivity contribution in [1.29, 1.82) is 0 Å². The van der Waals surface area contributed by atoms with Crippen LogP contribution in [0.2, 0.25) is 0 Å². The van der Waals surface area contributed by atoms with Gasteiger partial charge in [0.1, 0.15) is 5.75 Å². The molecule has 0 unspecified atom stereocenters. The maximum atomic E-state index is 13.8. The van der Waals surface area contributed by atoms with Crippen molar-refractivity contribution in [3.05, 3.63) is 59.9 Å². The number of nitrogens with one attached hydrogen (secondary N) is 2. The van der Waals surface area contributed by atoms with E-state index < -0.39 is 5.82 Å². The maximum Gasteiger partial charge on any atom is 0.191 e. The Morgan fingerprint density at radius 2 is 1.75 bits per heavy atom. The summed E-state index contributed by atoms with van der Waals surface area (Å²) in [4.78, 5) is 4.14. The van der Waals surface area contributed by atoms with Crippen LogP contribution < -0.4 is 15.4 Å². The van der Waals surface area contributed by atoms with Crippen molar-refractivity contribution in [3.8, 4) is 11.5 Å². The number of ether oxygens (including phenoxy) is 2. The second-order valence-electron chi connectivity index (χ2n) is 4.99. The van der Waals surface area contributed by atoms with Crippen molar-refractivity contribution in [1.82, 2.24) is 10.6 Å². The molecule has 0 radical (unpaired) electrons. The van der Waals surface area contributed by atoms with Gasteiger partial charge in [0, 0.05) is 32.8 Å². The van der Waals surface area contributed by atoms with Crippen LogP contribution in [-0.4, -0.2) is 33.3 Å². The minimum Gasteiger partial charge on any atom is -0.454 e. The fraction of sp³-hybridized carbons (Fsp3) is 0.278. The highest BCUT2D eigenvalue weighted by Gasteiger charge is 2.08. The van der Waals surface area contributed by atoms with Crippen molar-refractivity contribution in [2.75, 3.05) is 27.3 Å². The first-order chi connectivity index (χ1) is 11.7. The summed E-state index contributed by atoms with van der Waals surface area (Å²) >= 11 is 0. The number of methoxy groups -OCH3 is 1. The standard InChI is InChI=1S/C18H22FN3O2/c1-20-18(21-11-12-23-2)22-13-14-7-3-5-9-16(14)24-17-10-6-4-8-15(17)19/h3-10H,11-13H2,1-2H3,(H2,20,21,22). The molecule has 128 valence electrons. The first kappa shape index (κ1) is 17.7. The molecule has 0 saturated carbocycles. The average Bonchev–Trinajstić information content (AvgIpc) is 2.61. The zero-order valence-corrected chi connectivity index (χ0v) is 13.9. The molecule has 6 heteroatoms. The van der Waals surface area contributed by atoms with Crippen molar-refractivity contribution in [2.24, 2.45) is 4.99 Å². The maximum absolute atomic E-state index is 13.8. The van der Waals surface area contributed by atoms with Crippen LogP contribution in [0.15, 0.2) is 53.5 Å². The average molecular weight is 331 g/mol. The number of halogens is 1. The fourth-order valence-electron chi connectivity index (χ4n) is 2.07. The van der Waals surface area contributed by atoms with Gasteiger partial charge in [-0.05, 0) is 18.2 Å². The fourth-order valence-corrected chi connectivity index (χ4v) is 2.07. The van der Waals surface area contributed by atoms with Gasteiger partial charge in [-0.2, -0.15) is 0 Å². The molecule has 2 aromatic rings. The van der Waals surface area contributed by atoms with Crippen LogP contribution in [0.25, 0.3) is 0 Å². The molecule has 0 atom stereocenters. The van der Waals surface area contributed by atoms with Crippen molar-refractivity contribution < 1.29 is 13.9 Å². The van der Waals surface area contributed by atoms with E-state index in [1.165, 1.54) is 6.07 Å². The lowest BCUT2D eigenvalue weighted by Gasteiger charge is -2.14. The summed E-state index contributed by atoms with van der Waals surface area (Å²) < 4.78 is 24.5. The van der Waals surface area contributed by atoms with Gasteiger partial charge in [-0.25, -0.2) is 4.39 Å². The summed E-state index contributed by atoms with van der Waals surface area (Å²) in [5, 5.41) is 6.33. The van der Waals surface area contributed by atoms with E-state index in [9.17, 15) is 4.39 Å². The Morgan fingerprint density at radius 3 is 2.46 bits per heavy atom. The summed E-state index contributed by atoms with van der Waals surface area (Å²) in [7, 11) is 3.35. The Hall–Kier alpha value is -2.60. The van der Waals surface area contributed by atoms with Gasteiger partial charge in [0.15, 0.2) is 17.5 Å². The van der Waals surface area contributed by atoms with Gasteiger partial charge in [-0.15, -0.1) is 0 Å². The summed E-state index contributed by atoms with van der Waals surface area (Å²) in [6, 6.07) is 13.8. The van der Waals surface area contributed by atoms with E-state index in [1.807, 2.05) is 24.3 Å². The number of nitrogens with zero attached hydrogens (tertiary/aromatic N) is 1. The molecule has 0 fully saturated rings. The third-order valence-electron chi connectivity index (χ3n) is 3.30. The van der Waals surface area contributed by atoms with E-state index in [0.29, 0.717) is 31.4 Å². The van der Waals surface area contributed by atoms with Crippen LogP contribution in [0.5, 0.6) is 11.5 Å². The highest BCUT2D eigenvalue weighted by atomic mass is 19.1. The number of para-hydroxylation sites is 2. The second-order valence-corrected chi connectivity index (χ2v) is 4.99. The van der Waals surface area contributed by atoms with Crippen LogP contribution in [0.4, 0.5) is 4.39 Å². The Labute approximate surface area is 141 Å². The molecule has 2 N–H and O–H groups in total. The van der Waals surface area contributed by atoms with Crippen molar-refractivity contribution in [2.45, 2.75) is 6.54 Å². The monoisotopic (exact) mass is 331 g/mol. The van der Waals surface area contributed by atoms with E-state index in [4.69, 9.17) is 9.47 Å². The number of guanidine groups is 1. The molecule has 0 bridgehead atoms. The zero-order chi connectivity index (χ0) is 17.2. The van der Waals surface area contributed by atoms with E-state index in [2.05, 4.69) is 15.6 Å². The van der Waals surface area contributed by atoms with E-state index >= 15 is 0 Å². The van der Waals surface area contributed by atoms with Crippen LogP contribution in [0.3, 0.4) is 0 Å². The first-order valence-electron chi connectivity index (χ1n) is 7.68. The minimum absolute atomic E-state index is 0.201. The van der Waals surface area contributed by atoms with Crippen molar-refractivity contribution in [3.63, 3.8) is 0 Å². The van der Waals surface area contributed by atoms with E-state index in [1.54, 1.807) is 32.4 Å². The van der Waals surface area contributed by atoms with Crippen molar-refractivity contribution >= 4 is 5.96 Å². The highest BCUT2D eigenvalue weighted by Crippen LogP contribution is 2.27. The van der Waals surface area contributed by atoms with Gasteiger partial charge in [-0.3, -0.25) is 4.99 Å². The van der Waals surface area contributed by atoms with E-state index in [-0.39, 0.29) is 5.75 Å². The molecule has 0 saturated heterocycles. The molecule has 0 heterocycles. The molecule has 5 nitrogen and oxygen atoms in total. The van der Waals surface area contributed by atoms with E-state index in [0.717, 1.165) is 5.56 Å². The Balaban J connectivity index is 2.02. The Bertz CT molecular complexity index is 677. The third-order valence-corrected chi connectivity index (χ3v) is 3.30. The lowest BCUT2D eigenvalue weighted by atomic mass is 10.2. The van der Waals surface area contributed by atoms with Crippen LogP contribution in [0.1, 0.15) is 5.56 Å². The number of benzene rings is 2. The molecule has 0 amide bonds. The minimum atomic E-state index is -0.391. The van der Waals surface area contributed by atoms with Gasteiger partial charge >= 0.3 is 0 Å². The topological polar surface area (TPSA) is 54.9 Å². The van der Waals surface area contributed by atoms with Crippen LogP contribution >= 0.6 is 0 Å². The molecular weight excluding hydrogens is 309 g/mol. The lowest BCUT2D eigenvalue weighted by Crippen LogP contribution is -2.38. The molecule has 2 aromatic carbocycles. The molecule has 0 aliphatic carbocycles. The Morgan fingerprint density at radius 1 is 1.04 bits per heavy atom. The SMILES string of the molecule is CN=C(NCCOC)NCc1ccccc1Oc1ccccc1F. The predicted octanol–water partition coefficient (Wildman–Crippen LogP) is 2.93. The predicted molar refractivity (Wildman–Crippen MR) is 93.0 cm³/mol. The lowest BCUT2D eigenvalue weighted by molar-refractivity contribution is 0.203. The second kappa shape index (κ2) is 9.52. The number of hydrogen-bond donors (Lipinski definition) is 2. The number of hydrogen-bond acceptors (Lipinski definition) is 3.